The Kier molecular flexibility index (Phi) is 4.70. The van der Waals surface area contributed by atoms with Crippen molar-refractivity contribution in [3.63, 3.8) is 0 Å². The zero-order valence-corrected chi connectivity index (χ0v) is 15.7. The third-order valence-electron chi connectivity index (χ3n) is 4.75. The average molecular weight is 371 g/mol. The second-order valence-electron chi connectivity index (χ2n) is 6.68. The molecule has 1 N–H and O–H groups in total. The number of aryl methyl sites for hydroxylation is 1. The van der Waals surface area contributed by atoms with Crippen molar-refractivity contribution in [2.75, 3.05) is 0 Å². The first-order valence-electron chi connectivity index (χ1n) is 8.86. The van der Waals surface area contributed by atoms with Crippen molar-refractivity contribution in [1.29, 1.82) is 0 Å². The van der Waals surface area contributed by atoms with E-state index in [9.17, 15) is 5.11 Å². The highest BCUT2D eigenvalue weighted by atomic mass is 35.5. The normalized spacial score (nSPS) is 10.7. The molecule has 0 fully saturated rings. The smallest absolute Gasteiger partial charge is 0.115 e. The minimum absolute atomic E-state index is 0.274. The highest BCUT2D eigenvalue weighted by Crippen LogP contribution is 2.33. The summed E-state index contributed by atoms with van der Waals surface area (Å²) in [6.07, 6.45) is 0. The molecule has 0 spiro atoms. The Morgan fingerprint density at radius 3 is 1.59 bits per heavy atom. The summed E-state index contributed by atoms with van der Waals surface area (Å²) in [4.78, 5) is 0. The van der Waals surface area contributed by atoms with E-state index in [-0.39, 0.29) is 5.75 Å². The van der Waals surface area contributed by atoms with Crippen LogP contribution in [-0.4, -0.2) is 5.11 Å². The van der Waals surface area contributed by atoms with Gasteiger partial charge >= 0.3 is 0 Å². The van der Waals surface area contributed by atoms with Crippen LogP contribution in [0.4, 0.5) is 0 Å². The van der Waals surface area contributed by atoms with Crippen LogP contribution in [0, 0.1) is 6.92 Å². The number of hydrogen-bond donors (Lipinski definition) is 1. The molecule has 4 rings (SSSR count). The van der Waals surface area contributed by atoms with Crippen LogP contribution < -0.4 is 0 Å². The van der Waals surface area contributed by atoms with Gasteiger partial charge in [0.2, 0.25) is 0 Å². The van der Waals surface area contributed by atoms with Gasteiger partial charge in [-0.25, -0.2) is 0 Å². The predicted octanol–water partition coefficient (Wildman–Crippen LogP) is 7.36. The summed E-state index contributed by atoms with van der Waals surface area (Å²) >= 11 is 6.59. The Morgan fingerprint density at radius 1 is 0.556 bits per heavy atom. The molecule has 0 amide bonds. The maximum absolute atomic E-state index is 9.43. The molecule has 0 unspecified atom stereocenters. The summed E-state index contributed by atoms with van der Waals surface area (Å²) in [5.74, 6) is 0.274. The quantitative estimate of drug-likeness (QED) is 0.399. The first-order chi connectivity index (χ1) is 13.1. The minimum Gasteiger partial charge on any atom is -0.508 e. The lowest BCUT2D eigenvalue weighted by molar-refractivity contribution is 0.475. The zero-order valence-electron chi connectivity index (χ0n) is 15.0. The van der Waals surface area contributed by atoms with E-state index in [1.807, 2.05) is 18.2 Å². The van der Waals surface area contributed by atoms with E-state index < -0.39 is 0 Å². The lowest BCUT2D eigenvalue weighted by atomic mass is 9.97. The van der Waals surface area contributed by atoms with Gasteiger partial charge in [-0.1, -0.05) is 90.0 Å². The molecule has 0 saturated heterocycles. The topological polar surface area (TPSA) is 20.2 Å². The number of phenols is 1. The van der Waals surface area contributed by atoms with Crippen molar-refractivity contribution in [1.82, 2.24) is 0 Å². The van der Waals surface area contributed by atoms with Crippen molar-refractivity contribution >= 4 is 11.6 Å². The van der Waals surface area contributed by atoms with Crippen molar-refractivity contribution < 1.29 is 5.11 Å². The van der Waals surface area contributed by atoms with Gasteiger partial charge in [-0.3, -0.25) is 0 Å². The van der Waals surface area contributed by atoms with Crippen LogP contribution in [0.1, 0.15) is 5.56 Å². The number of rotatable bonds is 3. The Morgan fingerprint density at radius 2 is 1.00 bits per heavy atom. The lowest BCUT2D eigenvalue weighted by Crippen LogP contribution is -1.84. The van der Waals surface area contributed by atoms with E-state index >= 15 is 0 Å². The molecule has 4 aromatic carbocycles. The monoisotopic (exact) mass is 370 g/mol. The Balaban J connectivity index is 1.63. The van der Waals surface area contributed by atoms with Crippen molar-refractivity contribution in [2.45, 2.75) is 6.92 Å². The third kappa shape index (κ3) is 3.74. The molecule has 0 heterocycles. The van der Waals surface area contributed by atoms with Gasteiger partial charge in [0.1, 0.15) is 5.75 Å². The third-order valence-corrected chi connectivity index (χ3v) is 5.06. The van der Waals surface area contributed by atoms with E-state index in [4.69, 9.17) is 11.6 Å². The minimum atomic E-state index is 0.274. The first kappa shape index (κ1) is 17.4. The van der Waals surface area contributed by atoms with Crippen LogP contribution in [-0.2, 0) is 0 Å². The van der Waals surface area contributed by atoms with E-state index in [0.717, 1.165) is 38.4 Å². The van der Waals surface area contributed by atoms with E-state index in [2.05, 4.69) is 67.6 Å². The lowest BCUT2D eigenvalue weighted by Gasteiger charge is -2.09. The Bertz CT molecular complexity index is 1060. The molecule has 0 atom stereocenters. The molecular formula is C25H19ClO. The summed E-state index contributed by atoms with van der Waals surface area (Å²) in [5.41, 5.74) is 7.80. The maximum Gasteiger partial charge on any atom is 0.115 e. The maximum atomic E-state index is 9.43. The van der Waals surface area contributed by atoms with Crippen molar-refractivity contribution in [3.8, 4) is 39.1 Å². The largest absolute Gasteiger partial charge is 0.508 e. The molecule has 0 aliphatic heterocycles. The fraction of sp³-hybridized carbons (Fsp3) is 0.0400. The molecular weight excluding hydrogens is 352 g/mol. The summed E-state index contributed by atoms with van der Waals surface area (Å²) in [6.45, 7) is 2.09. The fourth-order valence-corrected chi connectivity index (χ4v) is 3.46. The summed E-state index contributed by atoms with van der Waals surface area (Å²) in [7, 11) is 0. The number of phenolic OH excluding ortho intramolecular Hbond substituents is 1. The number of halogens is 1. The van der Waals surface area contributed by atoms with Gasteiger partial charge in [-0.15, -0.1) is 0 Å². The Hall–Kier alpha value is -3.03. The second-order valence-corrected chi connectivity index (χ2v) is 7.09. The molecule has 0 radical (unpaired) electrons. The van der Waals surface area contributed by atoms with Gasteiger partial charge < -0.3 is 5.11 Å². The number of benzene rings is 4. The van der Waals surface area contributed by atoms with Crippen LogP contribution >= 0.6 is 11.6 Å². The van der Waals surface area contributed by atoms with Gasteiger partial charge in [-0.2, -0.15) is 0 Å². The summed E-state index contributed by atoms with van der Waals surface area (Å²) in [6, 6.07) is 30.2. The average Bonchev–Trinajstić information content (AvgIpc) is 2.69. The van der Waals surface area contributed by atoms with Crippen molar-refractivity contribution in [2.24, 2.45) is 0 Å². The fourth-order valence-electron chi connectivity index (χ4n) is 3.17. The summed E-state index contributed by atoms with van der Waals surface area (Å²) in [5, 5.41) is 10.2. The molecule has 0 aromatic heterocycles. The van der Waals surface area contributed by atoms with E-state index in [0.29, 0.717) is 0 Å². The molecule has 0 bridgehead atoms. The summed E-state index contributed by atoms with van der Waals surface area (Å²) < 4.78 is 0. The van der Waals surface area contributed by atoms with E-state index in [1.165, 1.54) is 5.56 Å². The van der Waals surface area contributed by atoms with Gasteiger partial charge in [0.25, 0.3) is 0 Å². The van der Waals surface area contributed by atoms with Gasteiger partial charge in [0.05, 0.1) is 0 Å². The van der Waals surface area contributed by atoms with Crippen LogP contribution in [0.25, 0.3) is 33.4 Å². The molecule has 2 heteroatoms. The van der Waals surface area contributed by atoms with Crippen molar-refractivity contribution in [3.05, 3.63) is 102 Å². The van der Waals surface area contributed by atoms with Gasteiger partial charge in [-0.05, 0) is 52.9 Å². The van der Waals surface area contributed by atoms with Crippen LogP contribution in [0.2, 0.25) is 5.02 Å². The highest BCUT2D eigenvalue weighted by molar-refractivity contribution is 6.33. The molecule has 1 nitrogen and oxygen atoms in total. The SMILES string of the molecule is Cc1ccc(-c2ccc(-c3ccc(-c4ccc(O)cc4)cc3)c(Cl)c2)cc1. The molecule has 4 aromatic rings. The second kappa shape index (κ2) is 7.30. The van der Waals surface area contributed by atoms with E-state index in [1.54, 1.807) is 12.1 Å². The van der Waals surface area contributed by atoms with Gasteiger partial charge in [0.15, 0.2) is 0 Å². The van der Waals surface area contributed by atoms with Crippen LogP contribution in [0.15, 0.2) is 91.0 Å². The first-order valence-corrected chi connectivity index (χ1v) is 9.24. The highest BCUT2D eigenvalue weighted by Gasteiger charge is 2.07. The molecule has 0 saturated carbocycles. The molecule has 27 heavy (non-hydrogen) atoms. The molecule has 132 valence electrons. The van der Waals surface area contributed by atoms with Crippen LogP contribution in [0.5, 0.6) is 5.75 Å². The predicted molar refractivity (Wildman–Crippen MR) is 114 cm³/mol. The zero-order chi connectivity index (χ0) is 18.8. The number of aromatic hydroxyl groups is 1. The Labute approximate surface area is 164 Å². The molecule has 0 aliphatic rings. The number of hydrogen-bond acceptors (Lipinski definition) is 1. The van der Waals surface area contributed by atoms with Gasteiger partial charge in [0, 0.05) is 10.6 Å². The standard InChI is InChI=1S/C25H19ClO/c1-17-2-4-20(5-3-17)22-12-15-24(25(26)16-22)21-8-6-18(7-9-21)19-10-13-23(27)14-11-19/h2-16,27H,1H3. The molecule has 0 aliphatic carbocycles. The van der Waals surface area contributed by atoms with Crippen LogP contribution in [0.3, 0.4) is 0 Å².